The number of halogens is 1. The Bertz CT molecular complexity index is 1030. The normalized spacial score (nSPS) is 13.9. The fourth-order valence-corrected chi connectivity index (χ4v) is 3.42. The van der Waals surface area contributed by atoms with Gasteiger partial charge in [0.1, 0.15) is 18.0 Å². The summed E-state index contributed by atoms with van der Waals surface area (Å²) in [5, 5.41) is 14.8. The van der Waals surface area contributed by atoms with Crippen molar-refractivity contribution in [2.45, 2.75) is 6.54 Å². The van der Waals surface area contributed by atoms with Crippen molar-refractivity contribution >= 4 is 23.1 Å². The quantitative estimate of drug-likeness (QED) is 0.490. The van der Waals surface area contributed by atoms with Gasteiger partial charge in [-0.2, -0.15) is 0 Å². The van der Waals surface area contributed by atoms with Crippen LogP contribution in [0.3, 0.4) is 0 Å². The molecule has 9 nitrogen and oxygen atoms in total. The maximum absolute atomic E-state index is 13.4. The lowest BCUT2D eigenvalue weighted by Gasteiger charge is -2.35. The molecule has 0 bridgehead atoms. The van der Waals surface area contributed by atoms with Gasteiger partial charge in [0.15, 0.2) is 0 Å². The first-order valence-electron chi connectivity index (χ1n) is 9.50. The molecule has 4 rings (SSSR count). The number of hydrogen-bond acceptors (Lipinski definition) is 8. The highest BCUT2D eigenvalue weighted by molar-refractivity contribution is 5.70. The highest BCUT2D eigenvalue weighted by atomic mass is 19.1. The molecule has 1 saturated heterocycles. The molecule has 0 atom stereocenters. The number of nitrogens with one attached hydrogen (secondary N) is 1. The Morgan fingerprint density at radius 1 is 1.03 bits per heavy atom. The zero-order chi connectivity index (χ0) is 20.9. The predicted octanol–water partition coefficient (Wildman–Crippen LogP) is 2.86. The number of pyridine rings is 1. The van der Waals surface area contributed by atoms with Crippen LogP contribution in [0.5, 0.6) is 0 Å². The minimum absolute atomic E-state index is 0.112. The van der Waals surface area contributed by atoms with Crippen molar-refractivity contribution in [3.8, 4) is 0 Å². The van der Waals surface area contributed by atoms with Gasteiger partial charge in [0, 0.05) is 38.9 Å². The van der Waals surface area contributed by atoms with E-state index in [0.717, 1.165) is 5.82 Å². The van der Waals surface area contributed by atoms with E-state index in [-0.39, 0.29) is 29.7 Å². The summed E-state index contributed by atoms with van der Waals surface area (Å²) in [6, 6.07) is 11.8. The maximum atomic E-state index is 13.4. The van der Waals surface area contributed by atoms with Crippen LogP contribution in [0.2, 0.25) is 0 Å². The van der Waals surface area contributed by atoms with E-state index < -0.39 is 4.92 Å². The molecule has 0 amide bonds. The molecule has 1 N–H and O–H groups in total. The van der Waals surface area contributed by atoms with Crippen molar-refractivity contribution in [2.24, 2.45) is 0 Å². The first kappa shape index (κ1) is 19.5. The number of aromatic nitrogens is 3. The van der Waals surface area contributed by atoms with Gasteiger partial charge in [0.05, 0.1) is 4.92 Å². The largest absolute Gasteiger partial charge is 0.360 e. The summed E-state index contributed by atoms with van der Waals surface area (Å²) < 4.78 is 13.4. The molecule has 30 heavy (non-hydrogen) atoms. The number of piperazine rings is 1. The fourth-order valence-electron chi connectivity index (χ4n) is 3.42. The molecule has 0 aliphatic carbocycles. The van der Waals surface area contributed by atoms with Gasteiger partial charge in [-0.15, -0.1) is 0 Å². The van der Waals surface area contributed by atoms with Crippen LogP contribution in [-0.4, -0.2) is 46.1 Å². The lowest BCUT2D eigenvalue weighted by molar-refractivity contribution is -0.383. The number of nitrogens with zero attached hydrogens (tertiary/aromatic N) is 6. The molecule has 1 aliphatic heterocycles. The van der Waals surface area contributed by atoms with Crippen LogP contribution in [0.1, 0.15) is 5.56 Å². The SMILES string of the molecule is O=[N+]([O-])c1c(NCc2cccc(F)c2)ncnc1N1CCN(c2ccccn2)CC1. The molecule has 1 aliphatic rings. The van der Waals surface area contributed by atoms with E-state index in [9.17, 15) is 14.5 Å². The minimum atomic E-state index is -0.478. The molecule has 0 saturated carbocycles. The third kappa shape index (κ3) is 4.27. The molecular formula is C20H20FN7O2. The van der Waals surface area contributed by atoms with Crippen LogP contribution in [0.15, 0.2) is 55.0 Å². The molecular weight excluding hydrogens is 389 g/mol. The molecule has 3 heterocycles. The topological polar surface area (TPSA) is 100 Å². The van der Waals surface area contributed by atoms with Crippen LogP contribution >= 0.6 is 0 Å². The Kier molecular flexibility index (Phi) is 5.64. The third-order valence-electron chi connectivity index (χ3n) is 4.89. The van der Waals surface area contributed by atoms with E-state index >= 15 is 0 Å². The van der Waals surface area contributed by atoms with E-state index in [0.29, 0.717) is 31.7 Å². The Morgan fingerprint density at radius 3 is 2.53 bits per heavy atom. The van der Waals surface area contributed by atoms with Crippen LogP contribution in [0.25, 0.3) is 0 Å². The monoisotopic (exact) mass is 409 g/mol. The third-order valence-corrected chi connectivity index (χ3v) is 4.89. The van der Waals surface area contributed by atoms with Crippen LogP contribution in [-0.2, 0) is 6.54 Å². The van der Waals surface area contributed by atoms with Gasteiger partial charge in [-0.1, -0.05) is 18.2 Å². The first-order valence-corrected chi connectivity index (χ1v) is 9.50. The number of benzene rings is 1. The van der Waals surface area contributed by atoms with Crippen molar-refractivity contribution in [1.29, 1.82) is 0 Å². The summed E-state index contributed by atoms with van der Waals surface area (Å²) in [5.74, 6) is 0.906. The van der Waals surface area contributed by atoms with Gasteiger partial charge >= 0.3 is 5.69 Å². The summed E-state index contributed by atoms with van der Waals surface area (Å²) >= 11 is 0. The summed E-state index contributed by atoms with van der Waals surface area (Å²) in [5.41, 5.74) is 0.480. The number of rotatable bonds is 6. The number of hydrogen-bond donors (Lipinski definition) is 1. The minimum Gasteiger partial charge on any atom is -0.360 e. The molecule has 1 aromatic carbocycles. The van der Waals surface area contributed by atoms with Crippen LogP contribution in [0.4, 0.5) is 27.5 Å². The molecule has 3 aromatic rings. The predicted molar refractivity (Wildman–Crippen MR) is 111 cm³/mol. The van der Waals surface area contributed by atoms with Gasteiger partial charge < -0.3 is 15.1 Å². The van der Waals surface area contributed by atoms with E-state index in [1.54, 1.807) is 18.3 Å². The van der Waals surface area contributed by atoms with Gasteiger partial charge in [-0.25, -0.2) is 19.3 Å². The van der Waals surface area contributed by atoms with E-state index in [4.69, 9.17) is 0 Å². The molecule has 0 spiro atoms. The fraction of sp³-hybridized carbons (Fsp3) is 0.250. The van der Waals surface area contributed by atoms with Gasteiger partial charge in [-0.05, 0) is 29.8 Å². The Morgan fingerprint density at radius 2 is 1.83 bits per heavy atom. The van der Waals surface area contributed by atoms with Gasteiger partial charge in [0.2, 0.25) is 11.6 Å². The molecule has 154 valence electrons. The lowest BCUT2D eigenvalue weighted by atomic mass is 10.2. The Hall–Kier alpha value is -3.82. The van der Waals surface area contributed by atoms with E-state index in [2.05, 4.69) is 25.2 Å². The molecule has 10 heteroatoms. The lowest BCUT2D eigenvalue weighted by Crippen LogP contribution is -2.47. The summed E-state index contributed by atoms with van der Waals surface area (Å²) in [4.78, 5) is 27.9. The average Bonchev–Trinajstić information content (AvgIpc) is 2.78. The second-order valence-electron chi connectivity index (χ2n) is 6.80. The summed E-state index contributed by atoms with van der Waals surface area (Å²) in [6.07, 6.45) is 3.05. The van der Waals surface area contributed by atoms with Crippen molar-refractivity contribution in [1.82, 2.24) is 15.0 Å². The van der Waals surface area contributed by atoms with Crippen LogP contribution < -0.4 is 15.1 Å². The molecule has 1 fully saturated rings. The van der Waals surface area contributed by atoms with Crippen molar-refractivity contribution < 1.29 is 9.31 Å². The molecule has 0 radical (unpaired) electrons. The smallest absolute Gasteiger partial charge is 0.353 e. The number of nitro groups is 1. The van der Waals surface area contributed by atoms with E-state index in [1.807, 2.05) is 23.1 Å². The zero-order valence-electron chi connectivity index (χ0n) is 16.1. The zero-order valence-corrected chi connectivity index (χ0v) is 16.1. The van der Waals surface area contributed by atoms with Crippen LogP contribution in [0, 0.1) is 15.9 Å². The summed E-state index contributed by atoms with van der Waals surface area (Å²) in [6.45, 7) is 2.69. The highest BCUT2D eigenvalue weighted by Crippen LogP contribution is 2.32. The second-order valence-corrected chi connectivity index (χ2v) is 6.80. The average molecular weight is 409 g/mol. The standard InChI is InChI=1S/C20H20FN7O2/c21-16-5-3-4-15(12-16)13-23-19-18(28(29)30)20(25-14-24-19)27-10-8-26(9-11-27)17-6-1-2-7-22-17/h1-7,12,14H,8-11,13H2,(H,23,24,25). The first-order chi connectivity index (χ1) is 14.6. The summed E-state index contributed by atoms with van der Waals surface area (Å²) in [7, 11) is 0. The van der Waals surface area contributed by atoms with Gasteiger partial charge in [-0.3, -0.25) is 10.1 Å². The number of anilines is 3. The highest BCUT2D eigenvalue weighted by Gasteiger charge is 2.29. The molecule has 2 aromatic heterocycles. The van der Waals surface area contributed by atoms with E-state index in [1.165, 1.54) is 18.5 Å². The Labute approximate surface area is 172 Å². The second kappa shape index (κ2) is 8.68. The van der Waals surface area contributed by atoms with Crippen molar-refractivity contribution in [3.05, 3.63) is 76.5 Å². The molecule has 0 unspecified atom stereocenters. The van der Waals surface area contributed by atoms with Crippen molar-refractivity contribution in [2.75, 3.05) is 41.3 Å². The van der Waals surface area contributed by atoms with Crippen molar-refractivity contribution in [3.63, 3.8) is 0 Å². The Balaban J connectivity index is 1.51. The van der Waals surface area contributed by atoms with Gasteiger partial charge in [0.25, 0.3) is 0 Å². The maximum Gasteiger partial charge on any atom is 0.353 e.